The van der Waals surface area contributed by atoms with E-state index in [-0.39, 0.29) is 0 Å². The van der Waals surface area contributed by atoms with E-state index in [1.807, 2.05) is 67.6 Å². The van der Waals surface area contributed by atoms with Gasteiger partial charge in [0.25, 0.3) is 10.0 Å². The lowest BCUT2D eigenvalue weighted by atomic mass is 9.94. The van der Waals surface area contributed by atoms with Crippen molar-refractivity contribution in [2.24, 2.45) is 0 Å². The molecule has 0 N–H and O–H groups in total. The molecule has 0 aliphatic carbocycles. The molecule has 0 atom stereocenters. The zero-order valence-electron chi connectivity index (χ0n) is 19.4. The van der Waals surface area contributed by atoms with Crippen LogP contribution in [0, 0.1) is 6.92 Å². The fourth-order valence-corrected chi connectivity index (χ4v) is 7.79. The second-order valence-electron chi connectivity index (χ2n) is 9.22. The molecule has 5 heteroatoms. The molecule has 174 valence electrons. The first kappa shape index (κ1) is 21.6. The Morgan fingerprint density at radius 1 is 0.639 bits per heavy atom. The van der Waals surface area contributed by atoms with E-state index >= 15 is 0 Å². The molecule has 6 aromatic rings. The van der Waals surface area contributed by atoms with Crippen molar-refractivity contribution in [3.63, 3.8) is 0 Å². The normalized spacial score (nSPS) is 14.2. The van der Waals surface area contributed by atoms with Gasteiger partial charge in [0.05, 0.1) is 16.3 Å². The van der Waals surface area contributed by atoms with Crippen LogP contribution in [0.1, 0.15) is 5.56 Å². The number of benzene rings is 6. The Kier molecular flexibility index (Phi) is 4.60. The van der Waals surface area contributed by atoms with E-state index in [9.17, 15) is 8.42 Å². The van der Waals surface area contributed by atoms with Gasteiger partial charge >= 0.3 is 0 Å². The van der Waals surface area contributed by atoms with Crippen molar-refractivity contribution in [2.45, 2.75) is 11.8 Å². The van der Waals surface area contributed by atoms with E-state index in [0.29, 0.717) is 16.3 Å². The summed E-state index contributed by atoms with van der Waals surface area (Å²) in [6.07, 6.45) is 0. The molecule has 7 rings (SSSR count). The van der Waals surface area contributed by atoms with Crippen molar-refractivity contribution in [2.75, 3.05) is 4.31 Å². The molecule has 6 aromatic carbocycles. The van der Waals surface area contributed by atoms with E-state index < -0.39 is 10.0 Å². The number of rotatable bonds is 1. The van der Waals surface area contributed by atoms with Crippen LogP contribution in [0.4, 0.5) is 11.4 Å². The standard InChI is InChI=1S/C31H20BrNO2S/c1-19-13-16-30-27(17-19)31-28(32)11-6-12-29(31)33(36(30,34)35)20-14-15-25-23-9-3-2-7-21(23)22-8-4-5-10-24(22)26(25)18-20/h2-18H,1H3. The van der Waals surface area contributed by atoms with Crippen molar-refractivity contribution in [1.29, 1.82) is 0 Å². The summed E-state index contributed by atoms with van der Waals surface area (Å²) in [4.78, 5) is 0.316. The zero-order chi connectivity index (χ0) is 24.6. The molecule has 36 heavy (non-hydrogen) atoms. The molecule has 3 nitrogen and oxygen atoms in total. The van der Waals surface area contributed by atoms with Crippen molar-refractivity contribution >= 4 is 69.6 Å². The highest BCUT2D eigenvalue weighted by molar-refractivity contribution is 9.10. The van der Waals surface area contributed by atoms with Crippen molar-refractivity contribution in [3.8, 4) is 11.1 Å². The van der Waals surface area contributed by atoms with Gasteiger partial charge in [-0.05, 0) is 75.6 Å². The Morgan fingerprint density at radius 2 is 1.25 bits per heavy atom. The smallest absolute Gasteiger partial charge is 0.234 e. The molecule has 0 unspecified atom stereocenters. The average molecular weight is 550 g/mol. The Morgan fingerprint density at radius 3 is 1.92 bits per heavy atom. The van der Waals surface area contributed by atoms with Crippen LogP contribution in [0.5, 0.6) is 0 Å². The van der Waals surface area contributed by atoms with Crippen LogP contribution in [-0.2, 0) is 10.0 Å². The average Bonchev–Trinajstić information content (AvgIpc) is 2.88. The summed E-state index contributed by atoms with van der Waals surface area (Å²) in [5.74, 6) is 0. The molecule has 1 heterocycles. The number of anilines is 2. The molecule has 1 aliphatic heterocycles. The highest BCUT2D eigenvalue weighted by atomic mass is 79.9. The summed E-state index contributed by atoms with van der Waals surface area (Å²) in [6.45, 7) is 1.98. The van der Waals surface area contributed by atoms with Crippen LogP contribution in [0.25, 0.3) is 43.4 Å². The molecule has 0 saturated carbocycles. The fourth-order valence-electron chi connectivity index (χ4n) is 5.54. The van der Waals surface area contributed by atoms with E-state index in [0.717, 1.165) is 48.1 Å². The fraction of sp³-hybridized carbons (Fsp3) is 0.0323. The largest absolute Gasteiger partial charge is 0.269 e. The van der Waals surface area contributed by atoms with Crippen LogP contribution in [-0.4, -0.2) is 8.42 Å². The van der Waals surface area contributed by atoms with Crippen molar-refractivity contribution in [3.05, 3.63) is 113 Å². The highest BCUT2D eigenvalue weighted by Gasteiger charge is 2.37. The van der Waals surface area contributed by atoms with Gasteiger partial charge in [0.2, 0.25) is 0 Å². The maximum absolute atomic E-state index is 14.1. The maximum Gasteiger partial charge on any atom is 0.269 e. The molecular weight excluding hydrogens is 530 g/mol. The summed E-state index contributed by atoms with van der Waals surface area (Å²) in [5, 5.41) is 6.74. The molecule has 0 spiro atoms. The van der Waals surface area contributed by atoms with Gasteiger partial charge in [0.1, 0.15) is 0 Å². The number of fused-ring (bicyclic) bond motifs is 9. The molecule has 0 saturated heterocycles. The first-order chi connectivity index (χ1) is 17.4. The van der Waals surface area contributed by atoms with Gasteiger partial charge < -0.3 is 0 Å². The minimum absolute atomic E-state index is 0.316. The third-order valence-electron chi connectivity index (χ3n) is 7.10. The Hall–Kier alpha value is -3.67. The summed E-state index contributed by atoms with van der Waals surface area (Å²) in [5.41, 5.74) is 3.89. The minimum atomic E-state index is -3.83. The second kappa shape index (κ2) is 7.66. The topological polar surface area (TPSA) is 37.4 Å². The van der Waals surface area contributed by atoms with Crippen LogP contribution >= 0.6 is 15.9 Å². The van der Waals surface area contributed by atoms with E-state index in [1.54, 1.807) is 6.07 Å². The lowest BCUT2D eigenvalue weighted by molar-refractivity contribution is 0.596. The third-order valence-corrected chi connectivity index (χ3v) is 9.56. The number of hydrogen-bond donors (Lipinski definition) is 0. The lowest BCUT2D eigenvalue weighted by Crippen LogP contribution is -2.30. The SMILES string of the molecule is Cc1ccc2c(c1)-c1c(Br)cccc1N(c1ccc3c4ccccc4c4ccccc4c3c1)S2(=O)=O. The highest BCUT2D eigenvalue weighted by Crippen LogP contribution is 2.50. The molecule has 0 aromatic heterocycles. The van der Waals surface area contributed by atoms with Gasteiger partial charge in [0.15, 0.2) is 0 Å². The molecule has 1 aliphatic rings. The molecule has 0 fully saturated rings. The number of sulfonamides is 1. The zero-order valence-corrected chi connectivity index (χ0v) is 21.8. The Labute approximate surface area is 217 Å². The van der Waals surface area contributed by atoms with E-state index in [4.69, 9.17) is 0 Å². The van der Waals surface area contributed by atoms with Gasteiger partial charge in [-0.3, -0.25) is 0 Å². The lowest BCUT2D eigenvalue weighted by Gasteiger charge is -2.33. The van der Waals surface area contributed by atoms with Crippen LogP contribution in [0.15, 0.2) is 112 Å². The number of hydrogen-bond acceptors (Lipinski definition) is 2. The quantitative estimate of drug-likeness (QED) is 0.192. The van der Waals surface area contributed by atoms with E-state index in [2.05, 4.69) is 52.3 Å². The number of aryl methyl sites for hydroxylation is 1. The molecular formula is C31H20BrNO2S. The van der Waals surface area contributed by atoms with Crippen LogP contribution in [0.2, 0.25) is 0 Å². The first-order valence-corrected chi connectivity index (χ1v) is 14.0. The van der Waals surface area contributed by atoms with Crippen LogP contribution in [0.3, 0.4) is 0 Å². The predicted octanol–water partition coefficient (Wildman–Crippen LogP) is 8.72. The summed E-state index contributed by atoms with van der Waals surface area (Å²) in [6, 6.07) is 34.0. The minimum Gasteiger partial charge on any atom is -0.234 e. The van der Waals surface area contributed by atoms with Gasteiger partial charge in [0, 0.05) is 15.6 Å². The van der Waals surface area contributed by atoms with Gasteiger partial charge in [-0.15, -0.1) is 0 Å². The number of nitrogens with zero attached hydrogens (tertiary/aromatic N) is 1. The monoisotopic (exact) mass is 549 g/mol. The van der Waals surface area contributed by atoms with Gasteiger partial charge in [-0.1, -0.05) is 88.2 Å². The Bertz CT molecular complexity index is 1960. The molecule has 0 radical (unpaired) electrons. The summed E-state index contributed by atoms with van der Waals surface area (Å²) >= 11 is 3.69. The second-order valence-corrected chi connectivity index (χ2v) is 11.8. The summed E-state index contributed by atoms with van der Waals surface area (Å²) < 4.78 is 30.6. The van der Waals surface area contributed by atoms with Crippen molar-refractivity contribution < 1.29 is 8.42 Å². The van der Waals surface area contributed by atoms with Gasteiger partial charge in [-0.2, -0.15) is 0 Å². The van der Waals surface area contributed by atoms with Crippen molar-refractivity contribution in [1.82, 2.24) is 0 Å². The first-order valence-electron chi connectivity index (χ1n) is 11.7. The molecule has 0 amide bonds. The van der Waals surface area contributed by atoms with E-state index in [1.165, 1.54) is 9.69 Å². The van der Waals surface area contributed by atoms with Gasteiger partial charge in [-0.25, -0.2) is 12.7 Å². The number of halogens is 1. The predicted molar refractivity (Wildman–Crippen MR) is 153 cm³/mol. The van der Waals surface area contributed by atoms with Crippen LogP contribution < -0.4 is 4.31 Å². The summed E-state index contributed by atoms with van der Waals surface area (Å²) in [7, 11) is -3.83. The maximum atomic E-state index is 14.1. The third kappa shape index (κ3) is 2.93. The molecule has 0 bridgehead atoms. The Balaban J connectivity index is 1.58.